The predicted molar refractivity (Wildman–Crippen MR) is 120 cm³/mol. The molecule has 3 aromatic rings. The first-order valence-corrected chi connectivity index (χ1v) is 10.9. The van der Waals surface area contributed by atoms with E-state index in [1.165, 1.54) is 11.8 Å². The number of hydrogen-bond donors (Lipinski definition) is 1. The Hall–Kier alpha value is -3.26. The maximum Gasteiger partial charge on any atom is 0.416 e. The number of nitrogens with zero attached hydrogens (tertiary/aromatic N) is 1. The molecule has 2 amide bonds. The highest BCUT2D eigenvalue weighted by molar-refractivity contribution is 8.00. The molecule has 32 heavy (non-hydrogen) atoms. The van der Waals surface area contributed by atoms with Gasteiger partial charge in [0.1, 0.15) is 5.37 Å². The molecule has 0 aromatic heterocycles. The molecule has 1 aliphatic heterocycles. The summed E-state index contributed by atoms with van der Waals surface area (Å²) in [7, 11) is 0. The number of amides is 2. The highest BCUT2D eigenvalue weighted by Crippen LogP contribution is 2.42. The van der Waals surface area contributed by atoms with E-state index in [0.717, 1.165) is 41.1 Å². The van der Waals surface area contributed by atoms with E-state index in [9.17, 15) is 22.8 Å². The fraction of sp³-hybridized carbons (Fsp3) is 0.167. The Kier molecular flexibility index (Phi) is 5.97. The molecule has 1 aliphatic rings. The van der Waals surface area contributed by atoms with E-state index >= 15 is 0 Å². The maximum atomic E-state index is 12.7. The van der Waals surface area contributed by atoms with Crippen molar-refractivity contribution in [3.63, 3.8) is 0 Å². The van der Waals surface area contributed by atoms with Crippen LogP contribution in [0.4, 0.5) is 24.5 Å². The van der Waals surface area contributed by atoms with Crippen LogP contribution in [0.3, 0.4) is 0 Å². The molecule has 1 N–H and O–H groups in total. The highest BCUT2D eigenvalue weighted by Gasteiger charge is 2.34. The van der Waals surface area contributed by atoms with Crippen molar-refractivity contribution in [1.82, 2.24) is 0 Å². The van der Waals surface area contributed by atoms with Gasteiger partial charge in [-0.3, -0.25) is 14.5 Å². The molecular weight excluding hydrogens is 437 g/mol. The van der Waals surface area contributed by atoms with Gasteiger partial charge < -0.3 is 5.32 Å². The lowest BCUT2D eigenvalue weighted by Gasteiger charge is -2.25. The third kappa shape index (κ3) is 4.65. The van der Waals surface area contributed by atoms with Crippen molar-refractivity contribution in [2.45, 2.75) is 18.5 Å². The molecule has 0 aliphatic carbocycles. The van der Waals surface area contributed by atoms with Gasteiger partial charge in [0.25, 0.3) is 5.91 Å². The minimum Gasteiger partial charge on any atom is -0.322 e. The average molecular weight is 456 g/mol. The van der Waals surface area contributed by atoms with E-state index in [0.29, 0.717) is 11.4 Å². The number of rotatable bonds is 4. The van der Waals surface area contributed by atoms with Gasteiger partial charge in [0.15, 0.2) is 0 Å². The Balaban J connectivity index is 1.53. The van der Waals surface area contributed by atoms with Crippen molar-refractivity contribution in [2.24, 2.45) is 0 Å². The smallest absolute Gasteiger partial charge is 0.322 e. The van der Waals surface area contributed by atoms with E-state index in [2.05, 4.69) is 5.32 Å². The van der Waals surface area contributed by atoms with Crippen LogP contribution in [-0.4, -0.2) is 17.6 Å². The van der Waals surface area contributed by atoms with E-state index in [-0.39, 0.29) is 16.8 Å². The Bertz CT molecular complexity index is 1150. The number of benzene rings is 3. The summed E-state index contributed by atoms with van der Waals surface area (Å²) in [6.07, 6.45) is -4.46. The first-order chi connectivity index (χ1) is 15.2. The maximum absolute atomic E-state index is 12.7. The van der Waals surface area contributed by atoms with Crippen molar-refractivity contribution < 1.29 is 22.8 Å². The van der Waals surface area contributed by atoms with E-state index in [1.807, 2.05) is 37.3 Å². The van der Waals surface area contributed by atoms with E-state index in [1.54, 1.807) is 23.1 Å². The molecule has 3 aromatic carbocycles. The lowest BCUT2D eigenvalue weighted by molar-refractivity contribution is -0.137. The molecule has 1 atom stereocenters. The minimum atomic E-state index is -4.46. The van der Waals surface area contributed by atoms with Crippen LogP contribution in [0.5, 0.6) is 0 Å². The molecule has 1 heterocycles. The second-order valence-corrected chi connectivity index (χ2v) is 8.49. The molecule has 0 unspecified atom stereocenters. The molecule has 4 nitrogen and oxygen atoms in total. The molecule has 4 rings (SSSR count). The number of hydrogen-bond acceptors (Lipinski definition) is 3. The van der Waals surface area contributed by atoms with Crippen LogP contribution >= 0.6 is 11.8 Å². The van der Waals surface area contributed by atoms with Crippen molar-refractivity contribution in [1.29, 1.82) is 0 Å². The molecule has 0 bridgehead atoms. The second-order valence-electron chi connectivity index (χ2n) is 7.42. The van der Waals surface area contributed by atoms with Crippen molar-refractivity contribution in [3.05, 3.63) is 95.1 Å². The number of alkyl halides is 3. The zero-order valence-corrected chi connectivity index (χ0v) is 17.8. The Labute approximate surface area is 187 Å². The quantitative estimate of drug-likeness (QED) is 0.520. The molecule has 164 valence electrons. The Morgan fingerprint density at radius 1 is 1.03 bits per heavy atom. The minimum absolute atomic E-state index is 0.00282. The first kappa shape index (κ1) is 22.0. The fourth-order valence-electron chi connectivity index (χ4n) is 3.44. The van der Waals surface area contributed by atoms with Crippen molar-refractivity contribution in [3.8, 4) is 0 Å². The summed E-state index contributed by atoms with van der Waals surface area (Å²) in [5.74, 6) is -0.162. The number of aryl methyl sites for hydroxylation is 1. The van der Waals surface area contributed by atoms with Gasteiger partial charge in [-0.15, -0.1) is 11.8 Å². The number of carbonyl (C=O) groups excluding carboxylic acids is 2. The summed E-state index contributed by atoms with van der Waals surface area (Å²) >= 11 is 1.50. The predicted octanol–water partition coefficient (Wildman–Crippen LogP) is 6.04. The van der Waals surface area contributed by atoms with Gasteiger partial charge in [0.2, 0.25) is 5.91 Å². The molecule has 1 fully saturated rings. The van der Waals surface area contributed by atoms with Crippen LogP contribution in [0.15, 0.2) is 72.8 Å². The lowest BCUT2D eigenvalue weighted by atomic mass is 10.1. The summed E-state index contributed by atoms with van der Waals surface area (Å²) in [4.78, 5) is 26.8. The van der Waals surface area contributed by atoms with Gasteiger partial charge in [-0.05, 0) is 61.0 Å². The number of halogens is 3. The average Bonchev–Trinajstić information content (AvgIpc) is 3.15. The number of anilines is 2. The molecular formula is C24H19F3N2O2S. The van der Waals surface area contributed by atoms with Gasteiger partial charge >= 0.3 is 6.18 Å². The summed E-state index contributed by atoms with van der Waals surface area (Å²) in [5.41, 5.74) is 2.54. The zero-order valence-electron chi connectivity index (χ0n) is 17.0. The zero-order chi connectivity index (χ0) is 22.9. The van der Waals surface area contributed by atoms with Crippen LogP contribution in [0.2, 0.25) is 0 Å². The van der Waals surface area contributed by atoms with Gasteiger partial charge in [-0.25, -0.2) is 0 Å². The fourth-order valence-corrected chi connectivity index (χ4v) is 4.61. The third-order valence-corrected chi connectivity index (χ3v) is 6.30. The second kappa shape index (κ2) is 8.70. The van der Waals surface area contributed by atoms with E-state index < -0.39 is 17.6 Å². The first-order valence-electron chi connectivity index (χ1n) is 9.81. The van der Waals surface area contributed by atoms with Crippen LogP contribution in [0.25, 0.3) is 0 Å². The molecule has 0 saturated carbocycles. The number of thioether (sulfide) groups is 1. The molecule has 1 saturated heterocycles. The van der Waals surface area contributed by atoms with Crippen LogP contribution in [0, 0.1) is 6.92 Å². The highest BCUT2D eigenvalue weighted by atomic mass is 32.2. The van der Waals surface area contributed by atoms with Gasteiger partial charge in [0, 0.05) is 16.9 Å². The van der Waals surface area contributed by atoms with Gasteiger partial charge in [-0.2, -0.15) is 13.2 Å². The topological polar surface area (TPSA) is 49.4 Å². The van der Waals surface area contributed by atoms with E-state index in [4.69, 9.17) is 0 Å². The number of nitrogens with one attached hydrogen (secondary N) is 1. The van der Waals surface area contributed by atoms with Crippen molar-refractivity contribution >= 4 is 35.0 Å². The molecule has 0 radical (unpaired) electrons. The normalized spacial score (nSPS) is 16.3. The lowest BCUT2D eigenvalue weighted by Crippen LogP contribution is -2.27. The largest absolute Gasteiger partial charge is 0.416 e. The third-order valence-electron chi connectivity index (χ3n) is 5.08. The molecule has 0 spiro atoms. The van der Waals surface area contributed by atoms with Crippen molar-refractivity contribution in [2.75, 3.05) is 16.0 Å². The molecule has 8 heteroatoms. The van der Waals surface area contributed by atoms with Crippen LogP contribution in [0.1, 0.15) is 32.4 Å². The summed E-state index contributed by atoms with van der Waals surface area (Å²) in [5, 5.41) is 2.48. The Morgan fingerprint density at radius 3 is 2.38 bits per heavy atom. The number of carbonyl (C=O) groups is 2. The standard InChI is InChI=1S/C24H19F3N2O2S/c1-15-5-11-20(12-6-15)29-21(30)14-32-23(29)17-3-2-4-19(13-17)28-22(31)16-7-9-18(10-8-16)24(25,26)27/h2-13,23H,14H2,1H3,(H,28,31)/t23-/m0/s1. The monoisotopic (exact) mass is 456 g/mol. The summed E-state index contributed by atoms with van der Waals surface area (Å²) in [6, 6.07) is 18.9. The SMILES string of the molecule is Cc1ccc(N2C(=O)CS[C@H]2c2cccc(NC(=O)c3ccc(C(F)(F)F)cc3)c2)cc1. The van der Waals surface area contributed by atoms with Gasteiger partial charge in [-0.1, -0.05) is 29.8 Å². The summed E-state index contributed by atoms with van der Waals surface area (Å²) < 4.78 is 38.2. The van der Waals surface area contributed by atoms with Crippen LogP contribution < -0.4 is 10.2 Å². The van der Waals surface area contributed by atoms with Gasteiger partial charge in [0.05, 0.1) is 11.3 Å². The Morgan fingerprint density at radius 2 is 1.72 bits per heavy atom. The summed E-state index contributed by atoms with van der Waals surface area (Å²) in [6.45, 7) is 1.98. The van der Waals surface area contributed by atoms with Crippen LogP contribution in [-0.2, 0) is 11.0 Å².